The summed E-state index contributed by atoms with van der Waals surface area (Å²) in [4.78, 5) is 3.46. The number of phenols is 1. The first kappa shape index (κ1) is 25.3. The Bertz CT molecular complexity index is 907. The molecule has 2 aromatic carbocycles. The zero-order chi connectivity index (χ0) is 22.4. The van der Waals surface area contributed by atoms with Crippen LogP contribution in [-0.2, 0) is 20.8 Å². The van der Waals surface area contributed by atoms with E-state index in [1.807, 2.05) is 0 Å². The quantitative estimate of drug-likeness (QED) is 0.184. The van der Waals surface area contributed by atoms with E-state index in [-0.39, 0.29) is 17.2 Å². The van der Waals surface area contributed by atoms with Crippen LogP contribution in [0.3, 0.4) is 0 Å². The number of nitrogens with zero attached hydrogens (tertiary/aromatic N) is 1. The molecular formula is C20H18Cl2F5NOZr. The van der Waals surface area contributed by atoms with Gasteiger partial charge in [-0.1, -0.05) is 31.4 Å². The van der Waals surface area contributed by atoms with E-state index in [1.54, 1.807) is 19.1 Å². The molecule has 1 N–H and O–H groups in total. The minimum absolute atomic E-state index is 0.0745. The van der Waals surface area contributed by atoms with Gasteiger partial charge in [0.2, 0.25) is 5.82 Å². The molecule has 3 rings (SSSR count). The monoisotopic (exact) mass is 543 g/mol. The van der Waals surface area contributed by atoms with E-state index in [0.717, 1.165) is 38.3 Å². The fraction of sp³-hybridized carbons (Fsp3) is 0.350. The maximum absolute atomic E-state index is 13.8. The zero-order valence-corrected chi connectivity index (χ0v) is 19.9. The van der Waals surface area contributed by atoms with Crippen molar-refractivity contribution in [3.8, 4) is 5.75 Å². The van der Waals surface area contributed by atoms with Crippen LogP contribution >= 0.6 is 17.0 Å². The molecule has 1 aliphatic carbocycles. The third-order valence-corrected chi connectivity index (χ3v) is 5.02. The summed E-state index contributed by atoms with van der Waals surface area (Å²) in [5.74, 6) is -10.3. The van der Waals surface area contributed by atoms with Crippen molar-refractivity contribution in [3.05, 3.63) is 57.9 Å². The molecule has 1 fully saturated rings. The van der Waals surface area contributed by atoms with E-state index < -0.39 is 55.6 Å². The molecule has 0 unspecified atom stereocenters. The Morgan fingerprint density at radius 2 is 1.43 bits per heavy atom. The summed E-state index contributed by atoms with van der Waals surface area (Å²) in [6.45, 7) is 1.66. The molecule has 30 heavy (non-hydrogen) atoms. The number of hydrogen-bond acceptors (Lipinski definition) is 2. The van der Waals surface area contributed by atoms with Gasteiger partial charge in [0.15, 0.2) is 23.3 Å². The van der Waals surface area contributed by atoms with Crippen molar-refractivity contribution in [2.75, 3.05) is 0 Å². The van der Waals surface area contributed by atoms with Crippen molar-refractivity contribution in [1.82, 2.24) is 0 Å². The first-order valence-corrected chi connectivity index (χ1v) is 15.4. The average molecular weight is 545 g/mol. The van der Waals surface area contributed by atoms with Crippen LogP contribution in [0, 0.1) is 36.0 Å². The van der Waals surface area contributed by atoms with E-state index in [4.69, 9.17) is 17.0 Å². The van der Waals surface area contributed by atoms with Crippen molar-refractivity contribution < 1.29 is 47.9 Å². The van der Waals surface area contributed by atoms with Crippen LogP contribution in [0.5, 0.6) is 5.75 Å². The number of aryl methyl sites for hydroxylation is 1. The van der Waals surface area contributed by atoms with Gasteiger partial charge in [-0.05, 0) is 36.8 Å². The number of hydrogen-bond donors (Lipinski definition) is 1. The number of aliphatic imine (C=N–C) groups is 1. The Hall–Kier alpha value is -0.977. The molecule has 0 atom stereocenters. The molecule has 1 aliphatic rings. The maximum atomic E-state index is 13.8. The van der Waals surface area contributed by atoms with Crippen LogP contribution in [0.15, 0.2) is 17.1 Å². The second-order valence-electron chi connectivity index (χ2n) is 6.82. The van der Waals surface area contributed by atoms with Gasteiger partial charge in [-0.25, -0.2) is 26.9 Å². The second-order valence-corrected chi connectivity index (χ2v) is 10.5. The van der Waals surface area contributed by atoms with Gasteiger partial charge in [0.05, 0.1) is 0 Å². The molecule has 10 heteroatoms. The molecule has 2 nitrogen and oxygen atoms in total. The normalized spacial score (nSPS) is 14.5. The van der Waals surface area contributed by atoms with Crippen molar-refractivity contribution in [1.29, 1.82) is 0 Å². The summed E-state index contributed by atoms with van der Waals surface area (Å²) in [6, 6.07) is 3.54. The molecule has 1 saturated carbocycles. The van der Waals surface area contributed by atoms with E-state index in [2.05, 4.69) is 4.99 Å². The number of benzene rings is 2. The topological polar surface area (TPSA) is 32.6 Å². The van der Waals surface area contributed by atoms with Gasteiger partial charge in [-0.3, -0.25) is 0 Å². The Kier molecular flexibility index (Phi) is 9.77. The number of phenolic OH excluding ortho intramolecular Hbond substituents is 1. The summed E-state index contributed by atoms with van der Waals surface area (Å²) in [5, 5.41) is 10.6. The molecule has 0 amide bonds. The Morgan fingerprint density at radius 3 is 1.97 bits per heavy atom. The van der Waals surface area contributed by atoms with E-state index in [1.165, 1.54) is 0 Å². The SMILES string of the molecule is Cc1ccc(C2CCCCC2)c(O)c1C=Nc1c(F)c(F)c(F)c(F)c1F.[Cl][Zr][Cl]. The van der Waals surface area contributed by atoms with Crippen molar-refractivity contribution in [2.24, 2.45) is 4.99 Å². The van der Waals surface area contributed by atoms with Crippen molar-refractivity contribution in [3.63, 3.8) is 0 Å². The zero-order valence-electron chi connectivity index (χ0n) is 15.9. The molecule has 0 heterocycles. The van der Waals surface area contributed by atoms with Gasteiger partial charge in [-0.15, -0.1) is 0 Å². The molecule has 0 aliphatic heterocycles. The van der Waals surface area contributed by atoms with Gasteiger partial charge < -0.3 is 5.11 Å². The third-order valence-electron chi connectivity index (χ3n) is 5.02. The third kappa shape index (κ3) is 5.63. The van der Waals surface area contributed by atoms with Crippen LogP contribution in [-0.4, -0.2) is 11.3 Å². The predicted octanol–water partition coefficient (Wildman–Crippen LogP) is 7.57. The Morgan fingerprint density at radius 1 is 0.933 bits per heavy atom. The number of aromatic hydroxyl groups is 1. The summed E-state index contributed by atoms with van der Waals surface area (Å²) >= 11 is -0.826. The summed E-state index contributed by atoms with van der Waals surface area (Å²) in [7, 11) is 9.87. The Labute approximate surface area is 189 Å². The Balaban J connectivity index is 0.00000101. The molecule has 0 saturated heterocycles. The average Bonchev–Trinajstić information content (AvgIpc) is 2.74. The van der Waals surface area contributed by atoms with Crippen LogP contribution in [0.4, 0.5) is 27.6 Å². The fourth-order valence-corrected chi connectivity index (χ4v) is 3.47. The molecule has 162 valence electrons. The fourth-order valence-electron chi connectivity index (χ4n) is 3.47. The van der Waals surface area contributed by atoms with Crippen LogP contribution in [0.25, 0.3) is 0 Å². The van der Waals surface area contributed by atoms with Crippen LogP contribution < -0.4 is 0 Å². The summed E-state index contributed by atoms with van der Waals surface area (Å²) in [5.41, 5.74) is 0.189. The second kappa shape index (κ2) is 11.6. The summed E-state index contributed by atoms with van der Waals surface area (Å²) < 4.78 is 67.3. The van der Waals surface area contributed by atoms with Gasteiger partial charge in [0, 0.05) is 11.8 Å². The van der Waals surface area contributed by atoms with Gasteiger partial charge in [-0.2, -0.15) is 0 Å². The predicted molar refractivity (Wildman–Crippen MR) is 104 cm³/mol. The van der Waals surface area contributed by atoms with E-state index in [0.29, 0.717) is 11.1 Å². The first-order valence-electron chi connectivity index (χ1n) is 9.08. The molecule has 2 aromatic rings. The van der Waals surface area contributed by atoms with Crippen molar-refractivity contribution in [2.45, 2.75) is 44.9 Å². The van der Waals surface area contributed by atoms with Crippen LogP contribution in [0.1, 0.15) is 54.7 Å². The van der Waals surface area contributed by atoms with E-state index >= 15 is 0 Å². The molecule has 0 aromatic heterocycles. The van der Waals surface area contributed by atoms with Gasteiger partial charge in [0.25, 0.3) is 0 Å². The van der Waals surface area contributed by atoms with Gasteiger partial charge in [0.1, 0.15) is 11.4 Å². The first-order chi connectivity index (χ1) is 14.2. The number of halogens is 7. The van der Waals surface area contributed by atoms with E-state index in [9.17, 15) is 27.1 Å². The molecule has 0 spiro atoms. The van der Waals surface area contributed by atoms with Gasteiger partial charge >= 0.3 is 37.9 Å². The number of rotatable bonds is 3. The molecule has 0 bridgehead atoms. The van der Waals surface area contributed by atoms with Crippen LogP contribution in [0.2, 0.25) is 0 Å². The molecular weight excluding hydrogens is 527 g/mol. The minimum atomic E-state index is -2.23. The molecule has 0 radical (unpaired) electrons. The summed E-state index contributed by atoms with van der Waals surface area (Å²) in [6.07, 6.45) is 6.01. The standard InChI is InChI=1S/C20H18F5NO.2ClH.Zr/c1-10-7-8-12(11-5-3-2-4-6-11)20(27)13(10)9-26-19-17(24)15(22)14(21)16(23)18(19)25;;;/h7-9,11,27H,2-6H2,1H3;2*1H;/q;;;+2/p-2. The van der Waals surface area contributed by atoms with Crippen molar-refractivity contribution >= 4 is 28.9 Å².